The molecule has 0 aliphatic heterocycles. The van der Waals surface area contributed by atoms with Crippen LogP contribution < -0.4 is 10.5 Å². The summed E-state index contributed by atoms with van der Waals surface area (Å²) in [4.78, 5) is 11.1. The van der Waals surface area contributed by atoms with Gasteiger partial charge in [-0.1, -0.05) is 39.7 Å². The molecular formula is C14H10Br2ClNO2. The Hall–Kier alpha value is -1.04. The molecule has 0 aliphatic rings. The van der Waals surface area contributed by atoms with Gasteiger partial charge in [0.2, 0.25) is 5.91 Å². The average molecular weight is 420 g/mol. The maximum Gasteiger partial charge on any atom is 0.248 e. The van der Waals surface area contributed by atoms with Gasteiger partial charge in [0.15, 0.2) is 5.75 Å². The van der Waals surface area contributed by atoms with E-state index in [1.54, 1.807) is 6.07 Å². The number of amides is 1. The molecule has 0 spiro atoms. The van der Waals surface area contributed by atoms with Gasteiger partial charge < -0.3 is 10.5 Å². The second-order valence-corrected chi connectivity index (χ2v) is 6.23. The molecule has 2 rings (SSSR count). The number of rotatable bonds is 4. The standard InChI is InChI=1S/C14H10Br2ClNO2/c15-10-3-1-2-8(4-10)7-20-13-11(16)5-9(14(18)19)6-12(13)17/h1-6H,7H2,(H2,18,19). The number of benzene rings is 2. The van der Waals surface area contributed by atoms with Crippen LogP contribution in [-0.2, 0) is 6.61 Å². The van der Waals surface area contributed by atoms with E-state index >= 15 is 0 Å². The summed E-state index contributed by atoms with van der Waals surface area (Å²) < 4.78 is 7.26. The lowest BCUT2D eigenvalue weighted by Gasteiger charge is -2.11. The molecule has 0 atom stereocenters. The van der Waals surface area contributed by atoms with Gasteiger partial charge in [-0.05, 0) is 45.8 Å². The number of hydrogen-bond acceptors (Lipinski definition) is 2. The molecule has 2 aromatic rings. The summed E-state index contributed by atoms with van der Waals surface area (Å²) in [5.41, 5.74) is 6.55. The van der Waals surface area contributed by atoms with Crippen LogP contribution in [0.2, 0.25) is 5.02 Å². The topological polar surface area (TPSA) is 52.3 Å². The molecule has 104 valence electrons. The lowest BCUT2D eigenvalue weighted by Crippen LogP contribution is -2.11. The summed E-state index contributed by atoms with van der Waals surface area (Å²) in [6.07, 6.45) is 0. The summed E-state index contributed by atoms with van der Waals surface area (Å²) in [6, 6.07) is 10.9. The summed E-state index contributed by atoms with van der Waals surface area (Å²) >= 11 is 12.8. The zero-order valence-electron chi connectivity index (χ0n) is 10.2. The van der Waals surface area contributed by atoms with Crippen LogP contribution >= 0.6 is 43.5 Å². The molecule has 0 saturated heterocycles. The van der Waals surface area contributed by atoms with Crippen LogP contribution in [0.3, 0.4) is 0 Å². The van der Waals surface area contributed by atoms with Crippen molar-refractivity contribution >= 4 is 49.4 Å². The summed E-state index contributed by atoms with van der Waals surface area (Å²) in [6.45, 7) is 0.369. The first-order valence-electron chi connectivity index (χ1n) is 5.63. The van der Waals surface area contributed by atoms with E-state index in [0.29, 0.717) is 27.4 Å². The number of halogens is 3. The quantitative estimate of drug-likeness (QED) is 0.791. The third kappa shape index (κ3) is 3.75. The van der Waals surface area contributed by atoms with Gasteiger partial charge in [-0.15, -0.1) is 0 Å². The van der Waals surface area contributed by atoms with E-state index in [2.05, 4.69) is 31.9 Å². The monoisotopic (exact) mass is 417 g/mol. The molecule has 2 aromatic carbocycles. The minimum atomic E-state index is -0.536. The van der Waals surface area contributed by atoms with Crippen molar-refractivity contribution in [3.63, 3.8) is 0 Å². The van der Waals surface area contributed by atoms with Crippen LogP contribution in [0.25, 0.3) is 0 Å². The number of ether oxygens (including phenoxy) is 1. The van der Waals surface area contributed by atoms with E-state index < -0.39 is 5.91 Å². The van der Waals surface area contributed by atoms with Gasteiger partial charge in [0.25, 0.3) is 0 Å². The predicted octanol–water partition coefficient (Wildman–Crippen LogP) is 4.54. The highest BCUT2D eigenvalue weighted by molar-refractivity contribution is 9.10. The van der Waals surface area contributed by atoms with Gasteiger partial charge in [-0.3, -0.25) is 4.79 Å². The maximum absolute atomic E-state index is 11.1. The SMILES string of the molecule is NC(=O)c1cc(Cl)c(OCc2cccc(Br)c2)c(Br)c1. The molecule has 6 heteroatoms. The largest absolute Gasteiger partial charge is 0.486 e. The highest BCUT2D eigenvalue weighted by Crippen LogP contribution is 2.35. The van der Waals surface area contributed by atoms with E-state index in [1.807, 2.05) is 24.3 Å². The lowest BCUT2D eigenvalue weighted by molar-refractivity contribution is 0.1000. The highest BCUT2D eigenvalue weighted by Gasteiger charge is 2.12. The molecule has 0 aromatic heterocycles. The van der Waals surface area contributed by atoms with Crippen LogP contribution in [0.15, 0.2) is 45.3 Å². The van der Waals surface area contributed by atoms with E-state index in [1.165, 1.54) is 6.07 Å². The van der Waals surface area contributed by atoms with E-state index in [0.717, 1.165) is 10.0 Å². The lowest BCUT2D eigenvalue weighted by atomic mass is 10.2. The molecule has 0 bridgehead atoms. The maximum atomic E-state index is 11.1. The van der Waals surface area contributed by atoms with Gasteiger partial charge >= 0.3 is 0 Å². The Bertz CT molecular complexity index is 638. The first-order chi connectivity index (χ1) is 9.47. The van der Waals surface area contributed by atoms with Gasteiger partial charge in [-0.25, -0.2) is 0 Å². The average Bonchev–Trinajstić information content (AvgIpc) is 2.37. The van der Waals surface area contributed by atoms with Gasteiger partial charge in [-0.2, -0.15) is 0 Å². The van der Waals surface area contributed by atoms with Crippen LogP contribution in [0.5, 0.6) is 5.75 Å². The Labute approximate surface area is 138 Å². The molecular weight excluding hydrogens is 409 g/mol. The van der Waals surface area contributed by atoms with Gasteiger partial charge in [0, 0.05) is 10.0 Å². The zero-order chi connectivity index (χ0) is 14.7. The smallest absolute Gasteiger partial charge is 0.248 e. The molecule has 0 fully saturated rings. The van der Waals surface area contributed by atoms with Crippen LogP contribution in [-0.4, -0.2) is 5.91 Å². The van der Waals surface area contributed by atoms with Crippen LogP contribution in [0.1, 0.15) is 15.9 Å². The molecule has 0 saturated carbocycles. The van der Waals surface area contributed by atoms with Crippen molar-refractivity contribution in [3.05, 3.63) is 61.5 Å². The van der Waals surface area contributed by atoms with Crippen molar-refractivity contribution in [2.24, 2.45) is 5.73 Å². The van der Waals surface area contributed by atoms with E-state index in [4.69, 9.17) is 22.1 Å². The van der Waals surface area contributed by atoms with Crippen LogP contribution in [0.4, 0.5) is 0 Å². The highest BCUT2D eigenvalue weighted by atomic mass is 79.9. The minimum absolute atomic E-state index is 0.330. The normalized spacial score (nSPS) is 10.3. The molecule has 0 radical (unpaired) electrons. The summed E-state index contributed by atoms with van der Waals surface area (Å²) in [7, 11) is 0. The summed E-state index contributed by atoms with van der Waals surface area (Å²) in [5, 5.41) is 0.336. The summed E-state index contributed by atoms with van der Waals surface area (Å²) in [5.74, 6) is -0.0530. The van der Waals surface area contributed by atoms with Gasteiger partial charge in [0.05, 0.1) is 9.50 Å². The number of carbonyl (C=O) groups excluding carboxylic acids is 1. The van der Waals surface area contributed by atoms with Crippen molar-refractivity contribution in [3.8, 4) is 5.75 Å². The number of primary amides is 1. The van der Waals surface area contributed by atoms with Crippen molar-refractivity contribution in [1.82, 2.24) is 0 Å². The van der Waals surface area contributed by atoms with Crippen molar-refractivity contribution in [2.75, 3.05) is 0 Å². The van der Waals surface area contributed by atoms with Crippen LogP contribution in [0, 0.1) is 0 Å². The first kappa shape index (κ1) is 15.4. The fourth-order valence-electron chi connectivity index (χ4n) is 1.62. The molecule has 1 amide bonds. The third-order valence-corrected chi connectivity index (χ3v) is 3.92. The second kappa shape index (κ2) is 6.61. The van der Waals surface area contributed by atoms with Crippen molar-refractivity contribution in [2.45, 2.75) is 6.61 Å². The fourth-order valence-corrected chi connectivity index (χ4v) is 3.03. The molecule has 0 heterocycles. The minimum Gasteiger partial charge on any atom is -0.486 e. The number of carbonyl (C=O) groups is 1. The molecule has 0 aliphatic carbocycles. The predicted molar refractivity (Wildman–Crippen MR) is 86.1 cm³/mol. The number of hydrogen-bond donors (Lipinski definition) is 1. The van der Waals surface area contributed by atoms with E-state index in [-0.39, 0.29) is 0 Å². The first-order valence-corrected chi connectivity index (χ1v) is 7.60. The fraction of sp³-hybridized carbons (Fsp3) is 0.0714. The zero-order valence-corrected chi connectivity index (χ0v) is 14.1. The Kier molecular flexibility index (Phi) is 5.07. The Morgan fingerprint density at radius 2 is 2.00 bits per heavy atom. The molecule has 20 heavy (non-hydrogen) atoms. The number of nitrogens with two attached hydrogens (primary N) is 1. The Morgan fingerprint density at radius 1 is 1.25 bits per heavy atom. The molecule has 2 N–H and O–H groups in total. The molecule has 3 nitrogen and oxygen atoms in total. The van der Waals surface area contributed by atoms with Crippen molar-refractivity contribution in [1.29, 1.82) is 0 Å². The van der Waals surface area contributed by atoms with Gasteiger partial charge in [0.1, 0.15) is 6.61 Å². The van der Waals surface area contributed by atoms with Crippen molar-refractivity contribution < 1.29 is 9.53 Å². The molecule has 0 unspecified atom stereocenters. The second-order valence-electron chi connectivity index (χ2n) is 4.05. The third-order valence-electron chi connectivity index (χ3n) is 2.56. The van der Waals surface area contributed by atoms with E-state index in [9.17, 15) is 4.79 Å². The Morgan fingerprint density at radius 3 is 2.60 bits per heavy atom. The Balaban J connectivity index is 2.20.